The minimum atomic E-state index is -1.35. The van der Waals surface area contributed by atoms with Crippen LogP contribution in [0.1, 0.15) is 66.9 Å². The molecule has 0 bridgehead atoms. The molecule has 11 heteroatoms. The minimum Gasteiger partial charge on any atom is -0.349 e. The lowest BCUT2D eigenvalue weighted by Crippen LogP contribution is -2.59. The molecule has 1 unspecified atom stereocenters. The average molecular weight is 560 g/mol. The average Bonchev–Trinajstić information content (AvgIpc) is 2.83. The van der Waals surface area contributed by atoms with Gasteiger partial charge in [0.1, 0.15) is 12.1 Å². The van der Waals surface area contributed by atoms with Crippen LogP contribution in [0.3, 0.4) is 0 Å². The van der Waals surface area contributed by atoms with Crippen LogP contribution in [0.15, 0.2) is 30.3 Å². The van der Waals surface area contributed by atoms with Crippen LogP contribution < -0.4 is 21.3 Å². The largest absolute Gasteiger partial charge is 0.349 e. The first kappa shape index (κ1) is 34.3. The molecule has 0 fully saturated rings. The van der Waals surface area contributed by atoms with Gasteiger partial charge in [-0.3, -0.25) is 28.8 Å². The maximum absolute atomic E-state index is 13.3. The van der Waals surface area contributed by atoms with Crippen molar-refractivity contribution in [3.63, 3.8) is 0 Å². The third-order valence-electron chi connectivity index (χ3n) is 5.91. The van der Waals surface area contributed by atoms with Gasteiger partial charge in [0.05, 0.1) is 12.5 Å². The van der Waals surface area contributed by atoms with Gasteiger partial charge in [-0.2, -0.15) is 0 Å². The number of hydrogen-bond acceptors (Lipinski definition) is 6. The molecule has 222 valence electrons. The van der Waals surface area contributed by atoms with Gasteiger partial charge in [-0.1, -0.05) is 71.9 Å². The summed E-state index contributed by atoms with van der Waals surface area (Å²) in [4.78, 5) is 77.9. The molecule has 1 aromatic rings. The molecule has 5 amide bonds. The third-order valence-corrected chi connectivity index (χ3v) is 5.91. The predicted octanol–water partition coefficient (Wildman–Crippen LogP) is 1.31. The van der Waals surface area contributed by atoms with Gasteiger partial charge in [0.2, 0.25) is 29.4 Å². The molecule has 1 rings (SSSR count). The van der Waals surface area contributed by atoms with Gasteiger partial charge in [0, 0.05) is 27.1 Å². The number of amides is 5. The molecule has 40 heavy (non-hydrogen) atoms. The van der Waals surface area contributed by atoms with E-state index in [0.717, 1.165) is 5.56 Å². The molecule has 0 heterocycles. The molecule has 3 atom stereocenters. The number of ketones is 1. The van der Waals surface area contributed by atoms with Crippen molar-refractivity contribution in [1.82, 2.24) is 26.2 Å². The molecular formula is C29H45N5O6. The van der Waals surface area contributed by atoms with Crippen LogP contribution in [-0.2, 0) is 35.3 Å². The third kappa shape index (κ3) is 12.0. The summed E-state index contributed by atoms with van der Waals surface area (Å²) in [6.45, 7) is 12.5. The van der Waals surface area contributed by atoms with Gasteiger partial charge in [-0.25, -0.2) is 0 Å². The van der Waals surface area contributed by atoms with Gasteiger partial charge in [-0.05, 0) is 23.3 Å². The Balaban J connectivity index is 3.01. The van der Waals surface area contributed by atoms with Gasteiger partial charge in [0.25, 0.3) is 5.91 Å². The summed E-state index contributed by atoms with van der Waals surface area (Å²) in [7, 11) is 3.01. The van der Waals surface area contributed by atoms with Crippen LogP contribution in [0.25, 0.3) is 0 Å². The summed E-state index contributed by atoms with van der Waals surface area (Å²) in [6.07, 6.45) is -0.208. The second-order valence-electron chi connectivity index (χ2n) is 12.4. The van der Waals surface area contributed by atoms with E-state index in [1.165, 1.54) is 25.9 Å². The van der Waals surface area contributed by atoms with Crippen molar-refractivity contribution >= 4 is 35.3 Å². The number of hydrogen-bond donors (Lipinski definition) is 4. The number of carbonyl (C=O) groups is 6. The molecule has 11 nitrogen and oxygen atoms in total. The van der Waals surface area contributed by atoms with Gasteiger partial charge in [-0.15, -0.1) is 0 Å². The van der Waals surface area contributed by atoms with Crippen LogP contribution in [0.5, 0.6) is 0 Å². The van der Waals surface area contributed by atoms with Crippen molar-refractivity contribution < 1.29 is 28.8 Å². The zero-order valence-electron chi connectivity index (χ0n) is 25.1. The Kier molecular flexibility index (Phi) is 12.5. The lowest BCUT2D eigenvalue weighted by molar-refractivity contribution is -0.141. The van der Waals surface area contributed by atoms with E-state index in [-0.39, 0.29) is 24.3 Å². The zero-order valence-corrected chi connectivity index (χ0v) is 25.1. The quantitative estimate of drug-likeness (QED) is 0.283. The van der Waals surface area contributed by atoms with Crippen molar-refractivity contribution in [3.05, 3.63) is 35.9 Å². The summed E-state index contributed by atoms with van der Waals surface area (Å²) < 4.78 is 0. The van der Waals surface area contributed by atoms with Gasteiger partial charge >= 0.3 is 0 Å². The van der Waals surface area contributed by atoms with Crippen molar-refractivity contribution in [1.29, 1.82) is 0 Å². The van der Waals surface area contributed by atoms with Crippen LogP contribution in [0, 0.1) is 10.8 Å². The normalized spacial score (nSPS) is 13.7. The molecule has 0 aromatic heterocycles. The van der Waals surface area contributed by atoms with Crippen LogP contribution in [-0.4, -0.2) is 72.4 Å². The maximum atomic E-state index is 13.3. The van der Waals surface area contributed by atoms with Crippen molar-refractivity contribution in [2.45, 2.75) is 86.0 Å². The Morgan fingerprint density at radius 1 is 0.825 bits per heavy atom. The monoisotopic (exact) mass is 559 g/mol. The number of benzene rings is 1. The first-order valence-electron chi connectivity index (χ1n) is 13.3. The number of carbonyl (C=O) groups excluding carboxylic acids is 6. The summed E-state index contributed by atoms with van der Waals surface area (Å²) in [5.41, 5.74) is -0.225. The van der Waals surface area contributed by atoms with Crippen LogP contribution >= 0.6 is 0 Å². The molecule has 0 aliphatic heterocycles. The van der Waals surface area contributed by atoms with Gasteiger partial charge < -0.3 is 26.2 Å². The molecule has 1 aromatic carbocycles. The Morgan fingerprint density at radius 3 is 1.90 bits per heavy atom. The van der Waals surface area contributed by atoms with E-state index in [4.69, 9.17) is 0 Å². The second kappa shape index (κ2) is 14.6. The highest BCUT2D eigenvalue weighted by Gasteiger charge is 2.37. The van der Waals surface area contributed by atoms with Crippen molar-refractivity contribution in [2.75, 3.05) is 14.1 Å². The first-order valence-corrected chi connectivity index (χ1v) is 13.3. The van der Waals surface area contributed by atoms with E-state index in [0.29, 0.717) is 0 Å². The zero-order chi connectivity index (χ0) is 30.8. The van der Waals surface area contributed by atoms with E-state index >= 15 is 0 Å². The van der Waals surface area contributed by atoms with Gasteiger partial charge in [0.15, 0.2) is 0 Å². The number of nitrogens with one attached hydrogen (secondary N) is 4. The molecule has 0 spiro atoms. The standard InChI is InChI=1S/C29H45N5O6/c1-18(23(37)26(39)30-17-19-13-11-10-12-14-19)31-25(38)20(15-22(36)34(8)9)32-27(40)24(29(5,6)7)33-21(35)16-28(2,3)4/h10-14,18,20,24H,15-17H2,1-9H3,(H,30,39)(H,31,38)(H,32,40)(H,33,35)/t18?,20-,24+/m0/s1. The topological polar surface area (TPSA) is 154 Å². The second-order valence-corrected chi connectivity index (χ2v) is 12.4. The summed E-state index contributed by atoms with van der Waals surface area (Å²) >= 11 is 0. The molecule has 0 saturated heterocycles. The Hall–Kier alpha value is -3.76. The van der Waals surface area contributed by atoms with E-state index in [1.54, 1.807) is 45.0 Å². The lowest BCUT2D eigenvalue weighted by Gasteiger charge is -2.33. The van der Waals surface area contributed by atoms with Crippen molar-refractivity contribution in [3.8, 4) is 0 Å². The molecule has 0 aliphatic rings. The van der Waals surface area contributed by atoms with Crippen molar-refractivity contribution in [2.24, 2.45) is 10.8 Å². The Morgan fingerprint density at radius 2 is 1.40 bits per heavy atom. The minimum absolute atomic E-state index is 0.136. The van der Waals surface area contributed by atoms with E-state index in [2.05, 4.69) is 21.3 Å². The number of nitrogens with zero attached hydrogens (tertiary/aromatic N) is 1. The summed E-state index contributed by atoms with van der Waals surface area (Å²) in [5.74, 6) is -3.99. The molecule has 0 aliphatic carbocycles. The molecule has 4 N–H and O–H groups in total. The van der Waals surface area contributed by atoms with Crippen LogP contribution in [0.4, 0.5) is 0 Å². The maximum Gasteiger partial charge on any atom is 0.289 e. The molecular weight excluding hydrogens is 514 g/mol. The molecule has 0 saturated carbocycles. The fourth-order valence-corrected chi connectivity index (χ4v) is 3.63. The molecule has 0 radical (unpaired) electrons. The number of rotatable bonds is 12. The first-order chi connectivity index (χ1) is 18.3. The van der Waals surface area contributed by atoms with E-state index < -0.39 is 59.4 Å². The summed E-state index contributed by atoms with van der Waals surface area (Å²) in [5, 5.41) is 10.3. The lowest BCUT2D eigenvalue weighted by atomic mass is 9.85. The highest BCUT2D eigenvalue weighted by atomic mass is 16.2. The Labute approximate surface area is 237 Å². The van der Waals surface area contributed by atoms with Crippen LogP contribution in [0.2, 0.25) is 0 Å². The highest BCUT2D eigenvalue weighted by molar-refractivity contribution is 6.38. The van der Waals surface area contributed by atoms with E-state index in [9.17, 15) is 28.8 Å². The predicted molar refractivity (Wildman–Crippen MR) is 152 cm³/mol. The fourth-order valence-electron chi connectivity index (χ4n) is 3.63. The Bertz CT molecular complexity index is 1070. The highest BCUT2D eigenvalue weighted by Crippen LogP contribution is 2.22. The number of Topliss-reactive ketones (excluding diaryl/α,β-unsaturated/α-hetero) is 1. The SMILES string of the molecule is CC(NC(=O)[C@H](CC(=O)N(C)C)NC(=O)[C@@H](NC(=O)CC(C)(C)C)C(C)(C)C)C(=O)C(=O)NCc1ccccc1. The van der Waals surface area contributed by atoms with E-state index in [1.807, 2.05) is 26.8 Å². The summed E-state index contributed by atoms with van der Waals surface area (Å²) in [6, 6.07) is 5.44. The fraction of sp³-hybridized carbons (Fsp3) is 0.586. The smallest absolute Gasteiger partial charge is 0.289 e.